The van der Waals surface area contributed by atoms with E-state index in [9.17, 15) is 13.2 Å². The van der Waals surface area contributed by atoms with Crippen LogP contribution in [0.5, 0.6) is 5.75 Å². The Hall–Kier alpha value is -2.49. The Labute approximate surface area is 211 Å². The monoisotopic (exact) mass is 515 g/mol. The Balaban J connectivity index is 1.65. The number of piperidine rings is 1. The number of sulfonamides is 1. The van der Waals surface area contributed by atoms with Crippen molar-refractivity contribution in [3.05, 3.63) is 52.8 Å². The molecule has 1 amide bonds. The summed E-state index contributed by atoms with van der Waals surface area (Å²) in [6.07, 6.45) is 1.91. The molecule has 3 aromatic rings. The first-order valence-corrected chi connectivity index (χ1v) is 14.4. The molecule has 1 saturated heterocycles. The number of para-hydroxylation sites is 1. The molecular formula is C26H33N3O4S2. The minimum absolute atomic E-state index is 0.208. The Bertz CT molecular complexity index is 1360. The molecule has 1 aliphatic rings. The van der Waals surface area contributed by atoms with Crippen LogP contribution in [-0.4, -0.2) is 42.9 Å². The van der Waals surface area contributed by atoms with Gasteiger partial charge in [-0.2, -0.15) is 9.30 Å². The maximum Gasteiger partial charge on any atom is 0.279 e. The molecule has 1 aliphatic heterocycles. The van der Waals surface area contributed by atoms with Gasteiger partial charge < -0.3 is 9.30 Å². The van der Waals surface area contributed by atoms with Gasteiger partial charge in [-0.1, -0.05) is 38.2 Å². The summed E-state index contributed by atoms with van der Waals surface area (Å²) in [6, 6.07) is 12.0. The van der Waals surface area contributed by atoms with E-state index in [4.69, 9.17) is 4.74 Å². The third-order valence-electron chi connectivity index (χ3n) is 6.18. The van der Waals surface area contributed by atoms with Gasteiger partial charge in [-0.15, -0.1) is 0 Å². The Morgan fingerprint density at radius 2 is 1.77 bits per heavy atom. The number of rotatable bonds is 7. The highest BCUT2D eigenvalue weighted by molar-refractivity contribution is 7.89. The van der Waals surface area contributed by atoms with Crippen molar-refractivity contribution in [3.8, 4) is 5.75 Å². The number of amides is 1. The fourth-order valence-electron chi connectivity index (χ4n) is 4.76. The van der Waals surface area contributed by atoms with Crippen LogP contribution in [0.15, 0.2) is 52.4 Å². The number of benzene rings is 2. The van der Waals surface area contributed by atoms with E-state index in [0.717, 1.165) is 28.8 Å². The van der Waals surface area contributed by atoms with Gasteiger partial charge in [0.25, 0.3) is 5.91 Å². The van der Waals surface area contributed by atoms with Crippen molar-refractivity contribution in [2.45, 2.75) is 52.0 Å². The number of ether oxygens (including phenoxy) is 1. The number of carbonyl (C=O) groups excluding carboxylic acids is 1. The molecule has 0 aliphatic carbocycles. The number of nitrogens with zero attached hydrogens (tertiary/aromatic N) is 3. The van der Waals surface area contributed by atoms with Gasteiger partial charge in [0, 0.05) is 25.2 Å². The Kier molecular flexibility index (Phi) is 7.78. The molecule has 2 heterocycles. The summed E-state index contributed by atoms with van der Waals surface area (Å²) in [4.78, 5) is 18.3. The summed E-state index contributed by atoms with van der Waals surface area (Å²) in [5.74, 6) is 1.03. The molecule has 0 radical (unpaired) electrons. The predicted molar refractivity (Wildman–Crippen MR) is 139 cm³/mol. The van der Waals surface area contributed by atoms with Gasteiger partial charge in [0.1, 0.15) is 11.3 Å². The van der Waals surface area contributed by atoms with E-state index in [2.05, 4.69) is 25.8 Å². The van der Waals surface area contributed by atoms with Crippen molar-refractivity contribution in [2.24, 2.45) is 16.8 Å². The minimum atomic E-state index is -3.60. The number of aromatic nitrogens is 1. The number of thiazole rings is 1. The van der Waals surface area contributed by atoms with Gasteiger partial charge in [0.05, 0.1) is 16.2 Å². The number of fused-ring (bicyclic) bond motifs is 1. The lowest BCUT2D eigenvalue weighted by molar-refractivity contribution is 0.0997. The lowest BCUT2D eigenvalue weighted by atomic mass is 9.94. The zero-order chi connectivity index (χ0) is 25.2. The summed E-state index contributed by atoms with van der Waals surface area (Å²) in [6.45, 7) is 10.5. The van der Waals surface area contributed by atoms with Gasteiger partial charge in [0.2, 0.25) is 10.0 Å². The van der Waals surface area contributed by atoms with E-state index in [1.54, 1.807) is 16.4 Å². The van der Waals surface area contributed by atoms with E-state index >= 15 is 0 Å². The van der Waals surface area contributed by atoms with Crippen LogP contribution in [0.3, 0.4) is 0 Å². The molecular weight excluding hydrogens is 482 g/mol. The Morgan fingerprint density at radius 1 is 1.09 bits per heavy atom. The van der Waals surface area contributed by atoms with Crippen molar-refractivity contribution < 1.29 is 17.9 Å². The largest absolute Gasteiger partial charge is 0.492 e. The first-order valence-electron chi connectivity index (χ1n) is 12.2. The van der Waals surface area contributed by atoms with Gasteiger partial charge in [-0.3, -0.25) is 4.79 Å². The maximum atomic E-state index is 13.2. The normalized spacial score (nSPS) is 19.8. The molecule has 2 atom stereocenters. The van der Waals surface area contributed by atoms with Crippen molar-refractivity contribution >= 4 is 37.5 Å². The second-order valence-corrected chi connectivity index (χ2v) is 12.2. The molecule has 35 heavy (non-hydrogen) atoms. The van der Waals surface area contributed by atoms with Crippen molar-refractivity contribution in [1.82, 2.24) is 8.87 Å². The fraction of sp³-hybridized carbons (Fsp3) is 0.462. The van der Waals surface area contributed by atoms with Crippen LogP contribution in [0.4, 0.5) is 0 Å². The third kappa shape index (κ3) is 5.37. The standard InChI is InChI=1S/C26H33N3O4S2/c1-5-14-29-24-22(33-6-2)8-7-9-23(24)34-26(29)27-25(30)20-10-12-21(13-11-20)35(31,32)28-16-18(3)15-19(4)17-28/h7-13,18-19H,5-6,14-17H2,1-4H3. The average molecular weight is 516 g/mol. The second-order valence-electron chi connectivity index (χ2n) is 9.28. The predicted octanol–water partition coefficient (Wildman–Crippen LogP) is 4.92. The topological polar surface area (TPSA) is 81.0 Å². The van der Waals surface area contributed by atoms with Crippen LogP contribution in [0.1, 0.15) is 50.9 Å². The van der Waals surface area contributed by atoms with Crippen molar-refractivity contribution in [1.29, 1.82) is 0 Å². The molecule has 0 N–H and O–H groups in total. The van der Waals surface area contributed by atoms with Crippen LogP contribution in [0, 0.1) is 11.8 Å². The van der Waals surface area contributed by atoms with Crippen LogP contribution in [0.2, 0.25) is 0 Å². The smallest absolute Gasteiger partial charge is 0.279 e. The summed E-state index contributed by atoms with van der Waals surface area (Å²) in [7, 11) is -3.60. The molecule has 2 unspecified atom stereocenters. The molecule has 4 rings (SSSR count). The number of hydrogen-bond acceptors (Lipinski definition) is 5. The zero-order valence-corrected chi connectivity index (χ0v) is 22.4. The summed E-state index contributed by atoms with van der Waals surface area (Å²) >= 11 is 1.45. The summed E-state index contributed by atoms with van der Waals surface area (Å²) < 4.78 is 36.7. The zero-order valence-electron chi connectivity index (χ0n) is 20.7. The molecule has 188 valence electrons. The Morgan fingerprint density at radius 3 is 2.40 bits per heavy atom. The number of hydrogen-bond donors (Lipinski definition) is 0. The average Bonchev–Trinajstić information content (AvgIpc) is 3.17. The number of aryl methyl sites for hydroxylation is 1. The molecule has 0 bridgehead atoms. The number of carbonyl (C=O) groups is 1. The SMILES string of the molecule is CCCn1c(=NC(=O)c2ccc(S(=O)(=O)N3CC(C)CC(C)C3)cc2)sc2cccc(OCC)c21. The minimum Gasteiger partial charge on any atom is -0.492 e. The van der Waals surface area contributed by atoms with Crippen molar-refractivity contribution in [2.75, 3.05) is 19.7 Å². The molecule has 2 aromatic carbocycles. The lowest BCUT2D eigenvalue weighted by Gasteiger charge is -2.34. The molecule has 0 saturated carbocycles. The maximum absolute atomic E-state index is 13.2. The highest BCUT2D eigenvalue weighted by atomic mass is 32.2. The molecule has 0 spiro atoms. The van der Waals surface area contributed by atoms with Gasteiger partial charge >= 0.3 is 0 Å². The summed E-state index contributed by atoms with van der Waals surface area (Å²) in [5.41, 5.74) is 1.30. The fourth-order valence-corrected chi connectivity index (χ4v) is 7.51. The summed E-state index contributed by atoms with van der Waals surface area (Å²) in [5, 5.41) is 0. The van der Waals surface area contributed by atoms with Gasteiger partial charge in [-0.05, 0) is 68.0 Å². The van der Waals surface area contributed by atoms with Gasteiger partial charge in [0.15, 0.2) is 4.80 Å². The van der Waals surface area contributed by atoms with E-state index in [-0.39, 0.29) is 4.90 Å². The third-order valence-corrected chi connectivity index (χ3v) is 9.07. The molecule has 9 heteroatoms. The van der Waals surface area contributed by atoms with Crippen LogP contribution < -0.4 is 9.54 Å². The van der Waals surface area contributed by atoms with Crippen LogP contribution in [-0.2, 0) is 16.6 Å². The molecule has 1 fully saturated rings. The highest BCUT2D eigenvalue weighted by Crippen LogP contribution is 2.29. The van der Waals surface area contributed by atoms with E-state index in [1.165, 1.54) is 23.5 Å². The van der Waals surface area contributed by atoms with E-state index < -0.39 is 15.9 Å². The second kappa shape index (κ2) is 10.6. The first kappa shape index (κ1) is 25.6. The van der Waals surface area contributed by atoms with E-state index in [0.29, 0.717) is 48.4 Å². The molecule has 7 nitrogen and oxygen atoms in total. The van der Waals surface area contributed by atoms with Crippen LogP contribution >= 0.6 is 11.3 Å². The highest BCUT2D eigenvalue weighted by Gasteiger charge is 2.31. The molecule has 1 aromatic heterocycles. The van der Waals surface area contributed by atoms with E-state index in [1.807, 2.05) is 29.7 Å². The quantitative estimate of drug-likeness (QED) is 0.447. The first-order chi connectivity index (χ1) is 16.7. The van der Waals surface area contributed by atoms with Crippen molar-refractivity contribution in [3.63, 3.8) is 0 Å². The lowest BCUT2D eigenvalue weighted by Crippen LogP contribution is -2.42. The van der Waals surface area contributed by atoms with Crippen LogP contribution in [0.25, 0.3) is 10.2 Å². The van der Waals surface area contributed by atoms with Gasteiger partial charge in [-0.25, -0.2) is 8.42 Å².